The molecule has 0 unspecified atom stereocenters. The maximum absolute atomic E-state index is 12.7. The lowest BCUT2D eigenvalue weighted by atomic mass is 9.92. The van der Waals surface area contributed by atoms with Crippen molar-refractivity contribution in [3.05, 3.63) is 65.7 Å². The van der Waals surface area contributed by atoms with Crippen molar-refractivity contribution in [2.45, 2.75) is 44.4 Å². The van der Waals surface area contributed by atoms with Gasteiger partial charge in [-0.3, -0.25) is 4.79 Å². The maximum Gasteiger partial charge on any atom is 0.321 e. The van der Waals surface area contributed by atoms with Crippen LogP contribution in [0.5, 0.6) is 0 Å². The number of carbonyl (C=O) groups is 2. The van der Waals surface area contributed by atoms with Gasteiger partial charge in [0.1, 0.15) is 0 Å². The third-order valence-corrected chi connectivity index (χ3v) is 6.64. The number of nitrogens with one attached hydrogen (secondary N) is 2. The molecule has 0 bridgehead atoms. The van der Waals surface area contributed by atoms with E-state index in [0.29, 0.717) is 12.5 Å². The zero-order valence-electron chi connectivity index (χ0n) is 17.7. The zero-order valence-corrected chi connectivity index (χ0v) is 17.7. The van der Waals surface area contributed by atoms with Gasteiger partial charge >= 0.3 is 6.03 Å². The van der Waals surface area contributed by atoms with Crippen molar-refractivity contribution in [1.29, 1.82) is 0 Å². The lowest BCUT2D eigenvalue weighted by Crippen LogP contribution is -2.42. The average Bonchev–Trinajstić information content (AvgIpc) is 3.59. The van der Waals surface area contributed by atoms with Crippen molar-refractivity contribution in [3.8, 4) is 0 Å². The third-order valence-electron chi connectivity index (χ3n) is 6.64. The lowest BCUT2D eigenvalue weighted by molar-refractivity contribution is -0.123. The van der Waals surface area contributed by atoms with Crippen LogP contribution in [0.25, 0.3) is 0 Å². The Labute approximate surface area is 178 Å². The minimum absolute atomic E-state index is 0.0189. The number of nitrogens with zero attached hydrogens (tertiary/aromatic N) is 1. The zero-order chi connectivity index (χ0) is 21.0. The van der Waals surface area contributed by atoms with Gasteiger partial charge in [-0.25, -0.2) is 4.79 Å². The predicted octanol–water partition coefficient (Wildman–Crippen LogP) is 4.48. The molecule has 1 aliphatic carbocycles. The second-order valence-electron chi connectivity index (χ2n) is 8.67. The fourth-order valence-corrected chi connectivity index (χ4v) is 4.42. The number of para-hydroxylation sites is 1. The summed E-state index contributed by atoms with van der Waals surface area (Å²) in [5.41, 5.74) is 2.79. The van der Waals surface area contributed by atoms with Crippen molar-refractivity contribution >= 4 is 17.6 Å². The van der Waals surface area contributed by atoms with E-state index >= 15 is 0 Å². The van der Waals surface area contributed by atoms with E-state index in [1.165, 1.54) is 0 Å². The van der Waals surface area contributed by atoms with Crippen LogP contribution in [0.2, 0.25) is 0 Å². The summed E-state index contributed by atoms with van der Waals surface area (Å²) in [5.74, 6) is 0.725. The summed E-state index contributed by atoms with van der Waals surface area (Å²) in [5, 5.41) is 6.19. The molecule has 1 heterocycles. The van der Waals surface area contributed by atoms with Crippen LogP contribution in [0.4, 0.5) is 10.5 Å². The van der Waals surface area contributed by atoms with Crippen molar-refractivity contribution in [2.24, 2.45) is 5.92 Å². The highest BCUT2D eigenvalue weighted by Gasteiger charge is 2.50. The van der Waals surface area contributed by atoms with Crippen LogP contribution < -0.4 is 10.6 Å². The van der Waals surface area contributed by atoms with Crippen molar-refractivity contribution in [2.75, 3.05) is 25.0 Å². The van der Waals surface area contributed by atoms with Crippen molar-refractivity contribution in [1.82, 2.24) is 10.2 Å². The SMILES string of the molecule is Cc1ccccc1NC(=O)N1CCC(CCNC(=O)C2(c3ccccc3)CC2)CC1. The Balaban J connectivity index is 1.19. The highest BCUT2D eigenvalue weighted by Crippen LogP contribution is 2.48. The summed E-state index contributed by atoms with van der Waals surface area (Å²) in [6.07, 6.45) is 4.83. The molecule has 5 nitrogen and oxygen atoms in total. The lowest BCUT2D eigenvalue weighted by Gasteiger charge is -2.32. The first-order valence-corrected chi connectivity index (χ1v) is 11.0. The van der Waals surface area contributed by atoms with E-state index in [2.05, 4.69) is 22.8 Å². The molecule has 2 N–H and O–H groups in total. The summed E-state index contributed by atoms with van der Waals surface area (Å²) in [6.45, 7) is 4.25. The van der Waals surface area contributed by atoms with Gasteiger partial charge in [-0.2, -0.15) is 0 Å². The highest BCUT2D eigenvalue weighted by atomic mass is 16.2. The number of amides is 3. The van der Waals surface area contributed by atoms with Gasteiger partial charge < -0.3 is 15.5 Å². The van der Waals surface area contributed by atoms with Gasteiger partial charge in [0, 0.05) is 25.3 Å². The minimum atomic E-state index is -0.293. The molecule has 2 aromatic rings. The number of carbonyl (C=O) groups excluding carboxylic acids is 2. The first-order valence-electron chi connectivity index (χ1n) is 11.0. The van der Waals surface area contributed by atoms with Gasteiger partial charge in [-0.1, -0.05) is 48.5 Å². The molecule has 1 saturated heterocycles. The molecular weight excluding hydrogens is 374 g/mol. The maximum atomic E-state index is 12.7. The Morgan fingerprint density at radius 3 is 2.33 bits per heavy atom. The number of rotatable bonds is 6. The van der Waals surface area contributed by atoms with Gasteiger partial charge in [0.05, 0.1) is 5.41 Å². The van der Waals surface area contributed by atoms with Crippen molar-refractivity contribution < 1.29 is 9.59 Å². The normalized spacial score (nSPS) is 18.0. The Bertz CT molecular complexity index is 884. The number of hydrogen-bond acceptors (Lipinski definition) is 2. The van der Waals surface area contributed by atoms with Crippen LogP contribution in [0, 0.1) is 12.8 Å². The molecule has 2 aliphatic rings. The molecule has 0 aromatic heterocycles. The van der Waals surface area contributed by atoms with Crippen LogP contribution in [0.15, 0.2) is 54.6 Å². The largest absolute Gasteiger partial charge is 0.355 e. The fourth-order valence-electron chi connectivity index (χ4n) is 4.42. The molecule has 3 amide bonds. The summed E-state index contributed by atoms with van der Waals surface area (Å²) >= 11 is 0. The van der Waals surface area contributed by atoms with Crippen LogP contribution in [0.3, 0.4) is 0 Å². The number of piperidine rings is 1. The second kappa shape index (κ2) is 8.90. The van der Waals surface area contributed by atoms with Crippen LogP contribution >= 0.6 is 0 Å². The highest BCUT2D eigenvalue weighted by molar-refractivity contribution is 5.91. The molecular formula is C25H31N3O2. The summed E-state index contributed by atoms with van der Waals surface area (Å²) in [6, 6.07) is 17.9. The molecule has 2 aromatic carbocycles. The first kappa shape index (κ1) is 20.5. The van der Waals surface area contributed by atoms with E-state index in [9.17, 15) is 9.59 Å². The quantitative estimate of drug-likeness (QED) is 0.744. The smallest absolute Gasteiger partial charge is 0.321 e. The standard InChI is InChI=1S/C25H31N3O2/c1-19-7-5-6-10-22(19)27-24(30)28-17-12-20(13-18-28)11-16-26-23(29)25(14-15-25)21-8-3-2-4-9-21/h2-10,20H,11-18H2,1H3,(H,26,29)(H,27,30). The van der Waals surface area contributed by atoms with Gasteiger partial charge in [0.25, 0.3) is 0 Å². The molecule has 0 spiro atoms. The van der Waals surface area contributed by atoms with Crippen LogP contribution in [0.1, 0.15) is 43.2 Å². The molecule has 0 radical (unpaired) electrons. The molecule has 4 rings (SSSR count). The van der Waals surface area contributed by atoms with E-state index in [1.54, 1.807) is 0 Å². The Hall–Kier alpha value is -2.82. The summed E-state index contributed by atoms with van der Waals surface area (Å²) in [7, 11) is 0. The Morgan fingerprint density at radius 2 is 1.67 bits per heavy atom. The Kier molecular flexibility index (Phi) is 6.07. The molecule has 1 aliphatic heterocycles. The molecule has 0 atom stereocenters. The van der Waals surface area contributed by atoms with E-state index in [0.717, 1.165) is 62.0 Å². The van der Waals surface area contributed by atoms with E-state index < -0.39 is 0 Å². The second-order valence-corrected chi connectivity index (χ2v) is 8.67. The van der Waals surface area contributed by atoms with E-state index in [4.69, 9.17) is 0 Å². The summed E-state index contributed by atoms with van der Waals surface area (Å²) in [4.78, 5) is 27.2. The fraction of sp³-hybridized carbons (Fsp3) is 0.440. The first-order chi connectivity index (χ1) is 14.6. The predicted molar refractivity (Wildman–Crippen MR) is 119 cm³/mol. The van der Waals surface area contributed by atoms with E-state index in [1.807, 2.05) is 54.3 Å². The number of urea groups is 1. The minimum Gasteiger partial charge on any atom is -0.355 e. The molecule has 2 fully saturated rings. The molecule has 158 valence electrons. The average molecular weight is 406 g/mol. The topological polar surface area (TPSA) is 61.4 Å². The number of hydrogen-bond donors (Lipinski definition) is 2. The van der Waals surface area contributed by atoms with Crippen molar-refractivity contribution in [3.63, 3.8) is 0 Å². The summed E-state index contributed by atoms with van der Waals surface area (Å²) < 4.78 is 0. The van der Waals surface area contributed by atoms with Gasteiger partial charge in [-0.05, 0) is 62.1 Å². The number of likely N-dealkylation sites (tertiary alicyclic amines) is 1. The number of aryl methyl sites for hydroxylation is 1. The van der Waals surface area contributed by atoms with Gasteiger partial charge in [-0.15, -0.1) is 0 Å². The molecule has 5 heteroatoms. The van der Waals surface area contributed by atoms with E-state index in [-0.39, 0.29) is 17.4 Å². The van der Waals surface area contributed by atoms with Gasteiger partial charge in [0.2, 0.25) is 5.91 Å². The molecule has 30 heavy (non-hydrogen) atoms. The van der Waals surface area contributed by atoms with Crippen LogP contribution in [-0.4, -0.2) is 36.5 Å². The number of anilines is 1. The Morgan fingerprint density at radius 1 is 1.00 bits per heavy atom. The number of benzene rings is 2. The monoisotopic (exact) mass is 405 g/mol. The molecule has 1 saturated carbocycles. The van der Waals surface area contributed by atoms with Crippen LogP contribution in [-0.2, 0) is 10.2 Å². The van der Waals surface area contributed by atoms with Gasteiger partial charge in [0.15, 0.2) is 0 Å². The third kappa shape index (κ3) is 4.50.